The second kappa shape index (κ2) is 4.27. The topological polar surface area (TPSA) is 105 Å². The van der Waals surface area contributed by atoms with Crippen LogP contribution in [0.15, 0.2) is 0 Å². The highest BCUT2D eigenvalue weighted by molar-refractivity contribution is 7.91. The van der Waals surface area contributed by atoms with Crippen LogP contribution in [0, 0.1) is 12.3 Å². The summed E-state index contributed by atoms with van der Waals surface area (Å²) in [6.45, 7) is 2.63. The zero-order valence-electron chi connectivity index (χ0n) is 10.5. The average Bonchev–Trinajstić information content (AvgIpc) is 2.54. The lowest BCUT2D eigenvalue weighted by Gasteiger charge is -2.29. The highest BCUT2D eigenvalue weighted by atomic mass is 32.2. The van der Waals surface area contributed by atoms with Crippen molar-refractivity contribution in [3.63, 3.8) is 0 Å². The summed E-state index contributed by atoms with van der Waals surface area (Å²) in [6.07, 6.45) is 0. The molecule has 7 nitrogen and oxygen atoms in total. The molecule has 0 radical (unpaired) electrons. The normalized spacial score (nSPS) is 18.9. The Hall–Kier alpha value is -1.57. The summed E-state index contributed by atoms with van der Waals surface area (Å²) in [5.41, 5.74) is 6.86. The summed E-state index contributed by atoms with van der Waals surface area (Å²) in [4.78, 5) is 1.93. The molecule has 2 rings (SSSR count). The van der Waals surface area contributed by atoms with Crippen LogP contribution in [0.1, 0.15) is 11.3 Å². The first-order chi connectivity index (χ1) is 8.32. The fraction of sp³-hybridized carbons (Fsp3) is 0.600. The van der Waals surface area contributed by atoms with E-state index in [1.807, 2.05) is 4.90 Å². The van der Waals surface area contributed by atoms with Crippen molar-refractivity contribution in [1.29, 1.82) is 5.41 Å². The van der Waals surface area contributed by atoms with Gasteiger partial charge >= 0.3 is 0 Å². The van der Waals surface area contributed by atoms with Crippen LogP contribution in [0.5, 0.6) is 0 Å². The van der Waals surface area contributed by atoms with E-state index in [1.54, 1.807) is 18.7 Å². The fourth-order valence-electron chi connectivity index (χ4n) is 2.25. The van der Waals surface area contributed by atoms with Crippen LogP contribution >= 0.6 is 0 Å². The Kier molecular flexibility index (Phi) is 3.05. The maximum absolute atomic E-state index is 11.4. The second-order valence-electron chi connectivity index (χ2n) is 4.46. The molecule has 1 saturated heterocycles. The first-order valence-electron chi connectivity index (χ1n) is 5.65. The summed E-state index contributed by atoms with van der Waals surface area (Å²) < 4.78 is 24.5. The predicted octanol–water partition coefficient (Wildman–Crippen LogP) is -0.753. The summed E-state index contributed by atoms with van der Waals surface area (Å²) in [5.74, 6) is 0.960. The molecule has 0 atom stereocenters. The Labute approximate surface area is 106 Å². The van der Waals surface area contributed by atoms with E-state index >= 15 is 0 Å². The van der Waals surface area contributed by atoms with Gasteiger partial charge in [-0.05, 0) is 6.92 Å². The largest absolute Gasteiger partial charge is 0.384 e. The van der Waals surface area contributed by atoms with Crippen molar-refractivity contribution in [1.82, 2.24) is 9.78 Å². The zero-order valence-corrected chi connectivity index (χ0v) is 11.3. The van der Waals surface area contributed by atoms with E-state index in [2.05, 4.69) is 5.10 Å². The fourth-order valence-corrected chi connectivity index (χ4v) is 3.45. The second-order valence-corrected chi connectivity index (χ2v) is 6.76. The summed E-state index contributed by atoms with van der Waals surface area (Å²) in [7, 11) is -1.14. The molecule has 0 aromatic carbocycles. The van der Waals surface area contributed by atoms with E-state index in [4.69, 9.17) is 11.1 Å². The van der Waals surface area contributed by atoms with Gasteiger partial charge in [-0.1, -0.05) is 0 Å². The number of hydrogen-bond acceptors (Lipinski definition) is 5. The lowest BCUT2D eigenvalue weighted by atomic mass is 10.2. The monoisotopic (exact) mass is 271 g/mol. The third-order valence-electron chi connectivity index (χ3n) is 3.11. The number of nitrogens with zero attached hydrogens (tertiary/aromatic N) is 3. The van der Waals surface area contributed by atoms with Crippen LogP contribution in [0.4, 0.5) is 5.82 Å². The van der Waals surface area contributed by atoms with E-state index < -0.39 is 9.84 Å². The molecule has 2 heterocycles. The minimum Gasteiger partial charge on any atom is -0.384 e. The molecule has 0 aliphatic carbocycles. The van der Waals surface area contributed by atoms with Crippen molar-refractivity contribution in [2.45, 2.75) is 6.92 Å². The highest BCUT2D eigenvalue weighted by Crippen LogP contribution is 2.24. The summed E-state index contributed by atoms with van der Waals surface area (Å²) in [5, 5.41) is 11.9. The van der Waals surface area contributed by atoms with E-state index in [0.29, 0.717) is 24.3 Å². The smallest absolute Gasteiger partial charge is 0.153 e. The van der Waals surface area contributed by atoms with E-state index in [-0.39, 0.29) is 17.3 Å². The summed E-state index contributed by atoms with van der Waals surface area (Å²) >= 11 is 0. The van der Waals surface area contributed by atoms with Gasteiger partial charge in [-0.25, -0.2) is 8.42 Å². The highest BCUT2D eigenvalue weighted by Gasteiger charge is 2.27. The molecule has 0 unspecified atom stereocenters. The number of nitrogens with one attached hydrogen (secondary N) is 1. The van der Waals surface area contributed by atoms with Crippen molar-refractivity contribution in [2.75, 3.05) is 29.5 Å². The van der Waals surface area contributed by atoms with Crippen molar-refractivity contribution in [2.24, 2.45) is 12.8 Å². The average molecular weight is 271 g/mol. The van der Waals surface area contributed by atoms with E-state index in [0.717, 1.165) is 5.82 Å². The minimum atomic E-state index is -2.92. The van der Waals surface area contributed by atoms with Crippen LogP contribution in [-0.2, 0) is 16.9 Å². The van der Waals surface area contributed by atoms with Crippen molar-refractivity contribution < 1.29 is 8.42 Å². The van der Waals surface area contributed by atoms with Gasteiger partial charge in [0.25, 0.3) is 0 Å². The zero-order chi connectivity index (χ0) is 13.5. The molecule has 18 heavy (non-hydrogen) atoms. The molecule has 1 aliphatic heterocycles. The Balaban J connectivity index is 2.37. The molecule has 0 saturated carbocycles. The Bertz CT molecular complexity index is 576. The molecule has 1 aliphatic rings. The van der Waals surface area contributed by atoms with Crippen LogP contribution < -0.4 is 10.6 Å². The first-order valence-corrected chi connectivity index (χ1v) is 7.47. The third kappa shape index (κ3) is 2.20. The molecule has 1 fully saturated rings. The molecule has 1 aromatic heterocycles. The third-order valence-corrected chi connectivity index (χ3v) is 4.71. The predicted molar refractivity (Wildman–Crippen MR) is 69.8 cm³/mol. The number of anilines is 1. The quantitative estimate of drug-likeness (QED) is 0.544. The molecular weight excluding hydrogens is 254 g/mol. The van der Waals surface area contributed by atoms with Gasteiger partial charge in [0.05, 0.1) is 22.8 Å². The van der Waals surface area contributed by atoms with Gasteiger partial charge in [-0.2, -0.15) is 5.10 Å². The van der Waals surface area contributed by atoms with Crippen molar-refractivity contribution >= 4 is 21.5 Å². The molecule has 3 N–H and O–H groups in total. The number of hydrogen-bond donors (Lipinski definition) is 2. The number of rotatable bonds is 2. The molecule has 8 heteroatoms. The minimum absolute atomic E-state index is 0.0379. The van der Waals surface area contributed by atoms with E-state index in [1.165, 1.54) is 0 Å². The van der Waals surface area contributed by atoms with Gasteiger partial charge in [0.2, 0.25) is 0 Å². The van der Waals surface area contributed by atoms with Crippen molar-refractivity contribution in [3.05, 3.63) is 11.3 Å². The number of amidine groups is 1. The van der Waals surface area contributed by atoms with E-state index in [9.17, 15) is 8.42 Å². The van der Waals surface area contributed by atoms with Gasteiger partial charge in [-0.15, -0.1) is 0 Å². The molecule has 0 amide bonds. The molecular formula is C10H17N5O2S. The Morgan fingerprint density at radius 1 is 1.39 bits per heavy atom. The van der Waals surface area contributed by atoms with Gasteiger partial charge in [-0.3, -0.25) is 10.1 Å². The van der Waals surface area contributed by atoms with Gasteiger partial charge in [0.1, 0.15) is 11.7 Å². The lowest BCUT2D eigenvalue weighted by molar-refractivity contribution is 0.584. The number of sulfone groups is 1. The molecule has 1 aromatic rings. The molecule has 100 valence electrons. The van der Waals surface area contributed by atoms with Gasteiger partial charge in [0, 0.05) is 20.1 Å². The Morgan fingerprint density at radius 3 is 2.44 bits per heavy atom. The standard InChI is InChI=1S/C10H17N5O2S/c1-7-8(9(11)12)10(14(2)13-7)15-3-5-18(16,17)6-4-15/h3-6H2,1-2H3,(H3,11,12). The SMILES string of the molecule is Cc1nn(C)c(N2CCS(=O)(=O)CC2)c1C(=N)N. The number of aryl methyl sites for hydroxylation is 2. The number of nitrogens with two attached hydrogens (primary N) is 1. The van der Waals surface area contributed by atoms with Crippen LogP contribution in [0.25, 0.3) is 0 Å². The van der Waals surface area contributed by atoms with Gasteiger partial charge < -0.3 is 10.6 Å². The first kappa shape index (κ1) is 12.9. The lowest BCUT2D eigenvalue weighted by Crippen LogP contribution is -2.42. The van der Waals surface area contributed by atoms with Crippen LogP contribution in [0.2, 0.25) is 0 Å². The maximum Gasteiger partial charge on any atom is 0.153 e. The molecule has 0 bridgehead atoms. The van der Waals surface area contributed by atoms with Crippen LogP contribution in [-0.4, -0.2) is 48.6 Å². The summed E-state index contributed by atoms with van der Waals surface area (Å²) in [6, 6.07) is 0. The number of aromatic nitrogens is 2. The maximum atomic E-state index is 11.4. The number of nitrogen functional groups attached to an aromatic ring is 1. The van der Waals surface area contributed by atoms with Gasteiger partial charge in [0.15, 0.2) is 9.84 Å². The van der Waals surface area contributed by atoms with Crippen LogP contribution in [0.3, 0.4) is 0 Å². The Morgan fingerprint density at radius 2 is 1.94 bits per heavy atom. The molecule has 0 spiro atoms. The van der Waals surface area contributed by atoms with Crippen molar-refractivity contribution in [3.8, 4) is 0 Å².